The van der Waals surface area contributed by atoms with Gasteiger partial charge in [0.2, 0.25) is 11.7 Å². The molecule has 3 rings (SSSR count). The van der Waals surface area contributed by atoms with E-state index in [9.17, 15) is 19.6 Å². The van der Waals surface area contributed by atoms with Gasteiger partial charge in [0.25, 0.3) is 5.91 Å². The van der Waals surface area contributed by atoms with Crippen molar-refractivity contribution >= 4 is 17.8 Å². The lowest BCUT2D eigenvalue weighted by molar-refractivity contribution is -0.136. The molecule has 35 heavy (non-hydrogen) atoms. The molecule has 2 aliphatic rings. The Bertz CT molecular complexity index is 1010. The minimum absolute atomic E-state index is 0.131. The second kappa shape index (κ2) is 10.0. The number of imide groups is 1. The van der Waals surface area contributed by atoms with Gasteiger partial charge in [-0.25, -0.2) is 4.79 Å². The molecule has 1 aliphatic carbocycles. The normalized spacial score (nSPS) is 22.9. The number of rotatable bonds is 7. The van der Waals surface area contributed by atoms with Gasteiger partial charge in [-0.2, -0.15) is 5.26 Å². The number of hydrogen-bond acceptors (Lipinski definition) is 7. The largest absolute Gasteiger partial charge is 0.493 e. The number of ether oxygens (including phenoxy) is 3. The van der Waals surface area contributed by atoms with Crippen molar-refractivity contribution in [1.29, 1.82) is 5.26 Å². The molecular formula is C25H34N4O6. The number of carbonyl (C=O) groups excluding carboxylic acids is 3. The van der Waals surface area contributed by atoms with Gasteiger partial charge in [-0.05, 0) is 54.7 Å². The Kier molecular flexibility index (Phi) is 7.48. The molecule has 0 radical (unpaired) electrons. The Hall–Kier alpha value is -3.48. The highest BCUT2D eigenvalue weighted by Gasteiger charge is 2.53. The fourth-order valence-electron chi connectivity index (χ4n) is 4.94. The molecule has 0 bridgehead atoms. The molecule has 1 atom stereocenters. The molecule has 1 saturated carbocycles. The van der Waals surface area contributed by atoms with Crippen LogP contribution in [0.1, 0.15) is 58.1 Å². The highest BCUT2D eigenvalue weighted by molar-refractivity contribution is 6.09. The van der Waals surface area contributed by atoms with Gasteiger partial charge >= 0.3 is 6.03 Å². The average molecular weight is 487 g/mol. The van der Waals surface area contributed by atoms with Gasteiger partial charge in [0.1, 0.15) is 18.1 Å². The third kappa shape index (κ3) is 5.14. The summed E-state index contributed by atoms with van der Waals surface area (Å²) in [4.78, 5) is 39.6. The van der Waals surface area contributed by atoms with Crippen molar-refractivity contribution in [1.82, 2.24) is 15.5 Å². The number of benzene rings is 1. The van der Waals surface area contributed by atoms with E-state index in [1.54, 1.807) is 12.1 Å². The molecule has 1 aromatic carbocycles. The molecule has 0 aromatic heterocycles. The third-order valence-corrected chi connectivity index (χ3v) is 7.07. The van der Waals surface area contributed by atoms with Crippen molar-refractivity contribution in [3.63, 3.8) is 0 Å². The van der Waals surface area contributed by atoms with Gasteiger partial charge in [-0.3, -0.25) is 14.5 Å². The summed E-state index contributed by atoms with van der Waals surface area (Å²) in [5, 5.41) is 15.1. The highest BCUT2D eigenvalue weighted by Crippen LogP contribution is 2.43. The lowest BCUT2D eigenvalue weighted by Crippen LogP contribution is -2.51. The quantitative estimate of drug-likeness (QED) is 0.567. The predicted molar refractivity (Wildman–Crippen MR) is 127 cm³/mol. The summed E-state index contributed by atoms with van der Waals surface area (Å²) in [5.74, 6) is 0.467. The van der Waals surface area contributed by atoms with Gasteiger partial charge in [0, 0.05) is 0 Å². The SMILES string of the molecule is COc1cc(C(C#N)NC(=O)CN2C(=O)NC3(CCC(C(C)(C)C)CC3)C2=O)cc(OC)c1OC. The number of hydrogen-bond donors (Lipinski definition) is 2. The van der Waals surface area contributed by atoms with Gasteiger partial charge in [-0.15, -0.1) is 0 Å². The summed E-state index contributed by atoms with van der Waals surface area (Å²) in [6, 6.07) is 3.50. The summed E-state index contributed by atoms with van der Waals surface area (Å²) < 4.78 is 15.9. The van der Waals surface area contributed by atoms with Crippen LogP contribution in [0.25, 0.3) is 0 Å². The van der Waals surface area contributed by atoms with Gasteiger partial charge in [0.15, 0.2) is 11.5 Å². The molecule has 1 heterocycles. The fourth-order valence-corrected chi connectivity index (χ4v) is 4.94. The minimum atomic E-state index is -1.06. The second-order valence-corrected chi connectivity index (χ2v) is 10.1. The molecule has 10 nitrogen and oxygen atoms in total. The summed E-state index contributed by atoms with van der Waals surface area (Å²) in [6.45, 7) is 6.07. The van der Waals surface area contributed by atoms with Crippen molar-refractivity contribution in [2.75, 3.05) is 27.9 Å². The first kappa shape index (κ1) is 26.1. The molecule has 10 heteroatoms. The Labute approximate surface area is 205 Å². The zero-order chi connectivity index (χ0) is 26.0. The van der Waals surface area contributed by atoms with E-state index in [-0.39, 0.29) is 11.3 Å². The van der Waals surface area contributed by atoms with Crippen LogP contribution in [0.3, 0.4) is 0 Å². The van der Waals surface area contributed by atoms with Crippen LogP contribution in [0.15, 0.2) is 12.1 Å². The summed E-state index contributed by atoms with van der Waals surface area (Å²) in [5.41, 5.74) is -0.416. The smallest absolute Gasteiger partial charge is 0.325 e. The summed E-state index contributed by atoms with van der Waals surface area (Å²) >= 11 is 0. The van der Waals surface area contributed by atoms with Crippen LogP contribution in [0, 0.1) is 22.7 Å². The van der Waals surface area contributed by atoms with E-state index in [4.69, 9.17) is 14.2 Å². The Morgan fingerprint density at radius 3 is 2.20 bits per heavy atom. The van der Waals surface area contributed by atoms with Gasteiger partial charge in [0.05, 0.1) is 27.4 Å². The topological polar surface area (TPSA) is 130 Å². The monoisotopic (exact) mass is 486 g/mol. The minimum Gasteiger partial charge on any atom is -0.493 e. The molecule has 1 spiro atoms. The molecular weight excluding hydrogens is 452 g/mol. The molecule has 1 aromatic rings. The number of urea groups is 1. The molecule has 4 amide bonds. The Morgan fingerprint density at radius 1 is 1.17 bits per heavy atom. The van der Waals surface area contributed by atoms with Gasteiger partial charge < -0.3 is 24.8 Å². The van der Waals surface area contributed by atoms with E-state index in [0.717, 1.165) is 17.7 Å². The van der Waals surface area contributed by atoms with E-state index in [2.05, 4.69) is 31.4 Å². The maximum absolute atomic E-state index is 13.2. The Morgan fingerprint density at radius 2 is 1.74 bits per heavy atom. The standard InChI is InChI=1S/C25H34N4O6/c1-24(2,3)16-7-9-25(10-8-16)22(31)29(23(32)28-25)14-20(30)27-17(13-26)15-11-18(33-4)21(35-6)19(12-15)34-5/h11-12,16-17H,7-10,14H2,1-6H3,(H,27,30)(H,28,32). The van der Waals surface area contributed by atoms with Crippen molar-refractivity contribution in [3.8, 4) is 23.3 Å². The molecule has 2 N–H and O–H groups in total. The highest BCUT2D eigenvalue weighted by atomic mass is 16.5. The number of nitrogens with one attached hydrogen (secondary N) is 2. The van der Waals surface area contributed by atoms with E-state index in [1.807, 2.05) is 6.07 Å². The average Bonchev–Trinajstić information content (AvgIpc) is 3.04. The first-order valence-electron chi connectivity index (χ1n) is 11.6. The van der Waals surface area contributed by atoms with Crippen LogP contribution in [-0.4, -0.2) is 56.2 Å². The van der Waals surface area contributed by atoms with Crippen molar-refractivity contribution < 1.29 is 28.6 Å². The van der Waals surface area contributed by atoms with Crippen molar-refractivity contribution in [2.24, 2.45) is 11.3 Å². The molecule has 1 saturated heterocycles. The maximum atomic E-state index is 13.2. The third-order valence-electron chi connectivity index (χ3n) is 7.07. The van der Waals surface area contributed by atoms with Crippen LogP contribution in [-0.2, 0) is 9.59 Å². The molecule has 190 valence electrons. The van der Waals surface area contributed by atoms with Crippen LogP contribution in [0.5, 0.6) is 17.2 Å². The lowest BCUT2D eigenvalue weighted by Gasteiger charge is -2.40. The van der Waals surface area contributed by atoms with Crippen LogP contribution in [0.2, 0.25) is 0 Å². The maximum Gasteiger partial charge on any atom is 0.325 e. The molecule has 2 fully saturated rings. The number of carbonyl (C=O) groups is 3. The van der Waals surface area contributed by atoms with E-state index in [1.165, 1.54) is 21.3 Å². The number of amides is 4. The number of nitriles is 1. The fraction of sp³-hybridized carbons (Fsp3) is 0.600. The van der Waals surface area contributed by atoms with Crippen LogP contribution < -0.4 is 24.8 Å². The summed E-state index contributed by atoms with van der Waals surface area (Å²) in [7, 11) is 4.36. The van der Waals surface area contributed by atoms with Crippen LogP contribution >= 0.6 is 0 Å². The lowest BCUT2D eigenvalue weighted by atomic mass is 9.67. The number of nitrogens with zero attached hydrogens (tertiary/aromatic N) is 2. The van der Waals surface area contributed by atoms with E-state index < -0.39 is 30.1 Å². The first-order chi connectivity index (χ1) is 16.5. The summed E-state index contributed by atoms with van der Waals surface area (Å²) in [6.07, 6.45) is 2.74. The number of methoxy groups -OCH3 is 3. The van der Waals surface area contributed by atoms with Gasteiger partial charge in [-0.1, -0.05) is 20.8 Å². The zero-order valence-corrected chi connectivity index (χ0v) is 21.2. The van der Waals surface area contributed by atoms with Crippen molar-refractivity contribution in [2.45, 2.75) is 58.0 Å². The first-order valence-corrected chi connectivity index (χ1v) is 11.6. The molecule has 1 unspecified atom stereocenters. The molecule has 1 aliphatic heterocycles. The van der Waals surface area contributed by atoms with Crippen LogP contribution in [0.4, 0.5) is 4.79 Å². The second-order valence-electron chi connectivity index (χ2n) is 10.1. The van der Waals surface area contributed by atoms with E-state index >= 15 is 0 Å². The zero-order valence-electron chi connectivity index (χ0n) is 21.2. The predicted octanol–water partition coefficient (Wildman–Crippen LogP) is 2.92. The Balaban J connectivity index is 1.71. The van der Waals surface area contributed by atoms with Crippen molar-refractivity contribution in [3.05, 3.63) is 17.7 Å². The van der Waals surface area contributed by atoms with E-state index in [0.29, 0.717) is 41.6 Å².